The van der Waals surface area contributed by atoms with Gasteiger partial charge in [-0.3, -0.25) is 9.59 Å². The molecule has 1 aromatic heterocycles. The lowest BCUT2D eigenvalue weighted by molar-refractivity contribution is -0.122. The Hall–Kier alpha value is -2.05. The van der Waals surface area contributed by atoms with E-state index in [9.17, 15) is 14.4 Å². The first-order valence-electron chi connectivity index (χ1n) is 6.26. The van der Waals surface area contributed by atoms with E-state index in [1.54, 1.807) is 0 Å². The molecule has 0 unspecified atom stereocenters. The van der Waals surface area contributed by atoms with Crippen LogP contribution < -0.4 is 22.3 Å². The average Bonchev–Trinajstić information content (AvgIpc) is 2.38. The van der Waals surface area contributed by atoms with Crippen molar-refractivity contribution in [2.24, 2.45) is 7.05 Å². The van der Waals surface area contributed by atoms with E-state index in [1.807, 2.05) is 13.8 Å². The Labute approximate surface area is 111 Å². The van der Waals surface area contributed by atoms with Gasteiger partial charge >= 0.3 is 5.69 Å². The van der Waals surface area contributed by atoms with Crippen LogP contribution in [0.4, 0.5) is 5.69 Å². The summed E-state index contributed by atoms with van der Waals surface area (Å²) in [6, 6.07) is 0.0492. The standard InChI is InChI=1S/C12H20N4O3/c1-4-8(5-2)14-10(17)7-16-11(18)9(13)6-15(3)12(16)19/h6,8H,4-5,7,13H2,1-3H3,(H,14,17). The first kappa shape index (κ1) is 15.0. The predicted octanol–water partition coefficient (Wildman–Crippen LogP) is -0.566. The number of hydrogen-bond donors (Lipinski definition) is 2. The topological polar surface area (TPSA) is 99.1 Å². The van der Waals surface area contributed by atoms with Crippen molar-refractivity contribution in [3.8, 4) is 0 Å². The SMILES string of the molecule is CCC(CC)NC(=O)Cn1c(=O)c(N)cn(C)c1=O. The molecule has 0 bridgehead atoms. The summed E-state index contributed by atoms with van der Waals surface area (Å²) < 4.78 is 2.02. The number of aromatic nitrogens is 2. The van der Waals surface area contributed by atoms with E-state index >= 15 is 0 Å². The Morgan fingerprint density at radius 2 is 1.95 bits per heavy atom. The second-order valence-corrected chi connectivity index (χ2v) is 4.45. The summed E-state index contributed by atoms with van der Waals surface area (Å²) in [5.41, 5.74) is 4.24. The third-order valence-electron chi connectivity index (χ3n) is 3.01. The zero-order valence-electron chi connectivity index (χ0n) is 11.5. The van der Waals surface area contributed by atoms with Crippen molar-refractivity contribution >= 4 is 11.6 Å². The fourth-order valence-corrected chi connectivity index (χ4v) is 1.80. The minimum atomic E-state index is -0.636. The lowest BCUT2D eigenvalue weighted by Crippen LogP contribution is -2.45. The van der Waals surface area contributed by atoms with Crippen LogP contribution >= 0.6 is 0 Å². The van der Waals surface area contributed by atoms with Crippen LogP contribution in [0.15, 0.2) is 15.8 Å². The van der Waals surface area contributed by atoms with Gasteiger partial charge in [0.15, 0.2) is 0 Å². The van der Waals surface area contributed by atoms with E-state index in [0.29, 0.717) is 0 Å². The largest absolute Gasteiger partial charge is 0.393 e. The quantitative estimate of drug-likeness (QED) is 0.747. The molecule has 1 aromatic rings. The van der Waals surface area contributed by atoms with Crippen LogP contribution in [0.1, 0.15) is 26.7 Å². The normalized spacial score (nSPS) is 10.7. The maximum atomic E-state index is 11.8. The number of rotatable bonds is 5. The molecule has 1 amide bonds. The van der Waals surface area contributed by atoms with Crippen molar-refractivity contribution in [2.45, 2.75) is 39.3 Å². The molecule has 7 heteroatoms. The first-order chi connectivity index (χ1) is 8.90. The van der Waals surface area contributed by atoms with E-state index in [-0.39, 0.29) is 24.2 Å². The van der Waals surface area contributed by atoms with Gasteiger partial charge in [0.25, 0.3) is 5.56 Å². The van der Waals surface area contributed by atoms with E-state index in [0.717, 1.165) is 17.4 Å². The van der Waals surface area contributed by atoms with Crippen molar-refractivity contribution in [3.05, 3.63) is 27.0 Å². The van der Waals surface area contributed by atoms with Gasteiger partial charge in [-0.1, -0.05) is 13.8 Å². The van der Waals surface area contributed by atoms with Gasteiger partial charge in [0.2, 0.25) is 5.91 Å². The molecule has 0 saturated heterocycles. The number of nitrogens with two attached hydrogens (primary N) is 1. The van der Waals surface area contributed by atoms with Crippen LogP contribution in [-0.2, 0) is 18.4 Å². The van der Waals surface area contributed by atoms with Gasteiger partial charge in [0, 0.05) is 19.3 Å². The average molecular weight is 268 g/mol. The summed E-state index contributed by atoms with van der Waals surface area (Å²) in [5, 5.41) is 2.77. The van der Waals surface area contributed by atoms with Gasteiger partial charge in [-0.2, -0.15) is 0 Å². The summed E-state index contributed by atoms with van der Waals surface area (Å²) in [7, 11) is 1.48. The van der Waals surface area contributed by atoms with Crippen molar-refractivity contribution < 1.29 is 4.79 Å². The molecule has 106 valence electrons. The molecule has 0 spiro atoms. The highest BCUT2D eigenvalue weighted by Gasteiger charge is 2.13. The lowest BCUT2D eigenvalue weighted by Gasteiger charge is -2.15. The number of nitrogen functional groups attached to an aromatic ring is 1. The number of aryl methyl sites for hydroxylation is 1. The first-order valence-corrected chi connectivity index (χ1v) is 6.26. The highest BCUT2D eigenvalue weighted by atomic mass is 16.2. The monoisotopic (exact) mass is 268 g/mol. The van der Waals surface area contributed by atoms with Crippen LogP contribution in [0.3, 0.4) is 0 Å². The van der Waals surface area contributed by atoms with Gasteiger partial charge < -0.3 is 15.6 Å². The zero-order valence-corrected chi connectivity index (χ0v) is 11.5. The van der Waals surface area contributed by atoms with Gasteiger partial charge in [-0.05, 0) is 12.8 Å². The molecular weight excluding hydrogens is 248 g/mol. The number of nitrogens with zero attached hydrogens (tertiary/aromatic N) is 2. The summed E-state index contributed by atoms with van der Waals surface area (Å²) in [6.07, 6.45) is 2.85. The van der Waals surface area contributed by atoms with Crippen LogP contribution in [0.5, 0.6) is 0 Å². The third-order valence-corrected chi connectivity index (χ3v) is 3.01. The van der Waals surface area contributed by atoms with Crippen LogP contribution in [0.2, 0.25) is 0 Å². The number of anilines is 1. The second-order valence-electron chi connectivity index (χ2n) is 4.45. The molecule has 1 rings (SSSR count). The maximum absolute atomic E-state index is 11.8. The van der Waals surface area contributed by atoms with Crippen molar-refractivity contribution in [1.82, 2.24) is 14.5 Å². The molecule has 7 nitrogen and oxygen atoms in total. The minimum absolute atomic E-state index is 0.0492. The van der Waals surface area contributed by atoms with Crippen molar-refractivity contribution in [2.75, 3.05) is 5.73 Å². The van der Waals surface area contributed by atoms with Crippen molar-refractivity contribution in [1.29, 1.82) is 0 Å². The highest BCUT2D eigenvalue weighted by Crippen LogP contribution is 1.96. The number of amides is 1. The Kier molecular flexibility index (Phi) is 4.91. The summed E-state index contributed by atoms with van der Waals surface area (Å²) in [6.45, 7) is 3.60. The van der Waals surface area contributed by atoms with E-state index in [2.05, 4.69) is 5.32 Å². The van der Waals surface area contributed by atoms with E-state index in [4.69, 9.17) is 5.73 Å². The molecular formula is C12H20N4O3. The highest BCUT2D eigenvalue weighted by molar-refractivity contribution is 5.76. The van der Waals surface area contributed by atoms with E-state index < -0.39 is 11.2 Å². The molecule has 3 N–H and O–H groups in total. The zero-order chi connectivity index (χ0) is 14.6. The number of hydrogen-bond acceptors (Lipinski definition) is 4. The molecule has 1 heterocycles. The Bertz CT molecular complexity index is 535. The summed E-state index contributed by atoms with van der Waals surface area (Å²) in [4.78, 5) is 35.3. The van der Waals surface area contributed by atoms with E-state index in [1.165, 1.54) is 17.8 Å². The van der Waals surface area contributed by atoms with Gasteiger partial charge in [0.05, 0.1) is 0 Å². The predicted molar refractivity (Wildman–Crippen MR) is 72.9 cm³/mol. The molecule has 0 aromatic carbocycles. The van der Waals surface area contributed by atoms with Crippen LogP contribution in [0, 0.1) is 0 Å². The number of carbonyl (C=O) groups is 1. The van der Waals surface area contributed by atoms with Crippen LogP contribution in [0.25, 0.3) is 0 Å². The molecule has 0 atom stereocenters. The molecule has 0 aliphatic heterocycles. The molecule has 0 aliphatic rings. The van der Waals surface area contributed by atoms with Crippen LogP contribution in [-0.4, -0.2) is 21.1 Å². The Morgan fingerprint density at radius 1 is 1.37 bits per heavy atom. The molecule has 19 heavy (non-hydrogen) atoms. The van der Waals surface area contributed by atoms with Crippen molar-refractivity contribution in [3.63, 3.8) is 0 Å². The van der Waals surface area contributed by atoms with Gasteiger partial charge in [-0.15, -0.1) is 0 Å². The second kappa shape index (κ2) is 6.21. The fraction of sp³-hybridized carbons (Fsp3) is 0.583. The number of carbonyl (C=O) groups excluding carboxylic acids is 1. The fourth-order valence-electron chi connectivity index (χ4n) is 1.80. The Balaban J connectivity index is 2.98. The minimum Gasteiger partial charge on any atom is -0.393 e. The number of nitrogens with one attached hydrogen (secondary N) is 1. The molecule has 0 saturated carbocycles. The maximum Gasteiger partial charge on any atom is 0.331 e. The van der Waals surface area contributed by atoms with Gasteiger partial charge in [-0.25, -0.2) is 9.36 Å². The summed E-state index contributed by atoms with van der Waals surface area (Å²) >= 11 is 0. The Morgan fingerprint density at radius 3 is 2.47 bits per heavy atom. The summed E-state index contributed by atoms with van der Waals surface area (Å²) in [5.74, 6) is -0.363. The third kappa shape index (κ3) is 3.46. The molecule has 0 fully saturated rings. The molecule has 0 aliphatic carbocycles. The smallest absolute Gasteiger partial charge is 0.331 e. The molecule has 0 radical (unpaired) electrons. The lowest BCUT2D eigenvalue weighted by atomic mass is 10.2. The van der Waals surface area contributed by atoms with Gasteiger partial charge in [0.1, 0.15) is 12.2 Å².